The number of hydrogen-bond acceptors (Lipinski definition) is 5. The number of carbonyl (C=O) groups excluding carboxylic acids is 1. The van der Waals surface area contributed by atoms with Gasteiger partial charge < -0.3 is 10.1 Å². The van der Waals surface area contributed by atoms with E-state index in [0.29, 0.717) is 11.4 Å². The summed E-state index contributed by atoms with van der Waals surface area (Å²) in [5.41, 5.74) is 1.57. The van der Waals surface area contributed by atoms with Crippen LogP contribution in [-0.4, -0.2) is 27.0 Å². The number of rotatable bonds is 5. The summed E-state index contributed by atoms with van der Waals surface area (Å²) in [6.07, 6.45) is 0.342. The van der Waals surface area contributed by atoms with E-state index in [4.69, 9.17) is 16.3 Å². The average Bonchev–Trinajstić information content (AvgIpc) is 2.95. The molecule has 3 rings (SSSR count). The predicted molar refractivity (Wildman–Crippen MR) is 90.9 cm³/mol. The lowest BCUT2D eigenvalue weighted by molar-refractivity contribution is -0.139. The molecular weight excluding hydrogens is 352 g/mol. The number of ether oxygens (including phenoxy) is 1. The van der Waals surface area contributed by atoms with Crippen molar-refractivity contribution in [1.29, 1.82) is 0 Å². The van der Waals surface area contributed by atoms with Crippen LogP contribution in [0.4, 0.5) is 11.4 Å². The van der Waals surface area contributed by atoms with E-state index in [1.807, 2.05) is 12.1 Å². The van der Waals surface area contributed by atoms with Gasteiger partial charge in [-0.2, -0.15) is 4.72 Å². The number of cyclic esters (lactones) is 1. The summed E-state index contributed by atoms with van der Waals surface area (Å²) in [5, 5.41) is 3.78. The van der Waals surface area contributed by atoms with Crippen molar-refractivity contribution in [2.75, 3.05) is 11.9 Å². The van der Waals surface area contributed by atoms with Crippen molar-refractivity contribution in [3.05, 3.63) is 53.6 Å². The summed E-state index contributed by atoms with van der Waals surface area (Å²) >= 11 is 5.83. The van der Waals surface area contributed by atoms with E-state index in [9.17, 15) is 13.2 Å². The summed E-state index contributed by atoms with van der Waals surface area (Å²) in [5.74, 6) is -0.542. The predicted octanol–water partition coefficient (Wildman–Crippen LogP) is 2.68. The molecule has 1 fully saturated rings. The van der Waals surface area contributed by atoms with Crippen LogP contribution in [0.1, 0.15) is 6.42 Å². The second kappa shape index (κ2) is 6.80. The van der Waals surface area contributed by atoms with E-state index in [0.717, 1.165) is 11.4 Å². The van der Waals surface area contributed by atoms with Crippen molar-refractivity contribution in [1.82, 2.24) is 4.72 Å². The van der Waals surface area contributed by atoms with Gasteiger partial charge in [0, 0.05) is 22.8 Å². The van der Waals surface area contributed by atoms with E-state index in [-0.39, 0.29) is 11.5 Å². The van der Waals surface area contributed by atoms with Gasteiger partial charge in [0.05, 0.1) is 11.5 Å². The van der Waals surface area contributed by atoms with Crippen molar-refractivity contribution in [2.45, 2.75) is 17.4 Å². The summed E-state index contributed by atoms with van der Waals surface area (Å²) < 4.78 is 31.7. The van der Waals surface area contributed by atoms with E-state index < -0.39 is 22.0 Å². The number of carbonyl (C=O) groups is 1. The molecule has 6 nitrogen and oxygen atoms in total. The zero-order valence-electron chi connectivity index (χ0n) is 12.5. The van der Waals surface area contributed by atoms with Gasteiger partial charge in [0.25, 0.3) is 0 Å². The molecule has 8 heteroatoms. The third kappa shape index (κ3) is 3.87. The highest BCUT2D eigenvalue weighted by atomic mass is 35.5. The smallest absolute Gasteiger partial charge is 0.324 e. The number of benzene rings is 2. The normalized spacial score (nSPS) is 17.5. The third-order valence-electron chi connectivity index (χ3n) is 3.53. The molecule has 0 aromatic heterocycles. The first-order valence-electron chi connectivity index (χ1n) is 7.26. The van der Waals surface area contributed by atoms with Gasteiger partial charge in [0.15, 0.2) is 0 Å². The first-order valence-corrected chi connectivity index (χ1v) is 9.12. The maximum atomic E-state index is 12.3. The van der Waals surface area contributed by atoms with Gasteiger partial charge in [-0.3, -0.25) is 4.79 Å². The second-order valence-corrected chi connectivity index (χ2v) is 7.44. The first-order chi connectivity index (χ1) is 11.4. The van der Waals surface area contributed by atoms with Crippen LogP contribution in [0.5, 0.6) is 0 Å². The fraction of sp³-hybridized carbons (Fsp3) is 0.188. The molecule has 1 heterocycles. The molecule has 126 valence electrons. The number of esters is 1. The zero-order chi connectivity index (χ0) is 17.2. The Hall–Kier alpha value is -2.09. The van der Waals surface area contributed by atoms with Gasteiger partial charge in [-0.15, -0.1) is 0 Å². The summed E-state index contributed by atoms with van der Waals surface area (Å²) in [7, 11) is -3.77. The van der Waals surface area contributed by atoms with Crippen molar-refractivity contribution >= 4 is 39.0 Å². The maximum Gasteiger partial charge on any atom is 0.324 e. The molecular formula is C16H15ClN2O4S. The minimum atomic E-state index is -3.77. The lowest BCUT2D eigenvalue weighted by Gasteiger charge is -2.11. The number of hydrogen-bond donors (Lipinski definition) is 2. The Kier molecular flexibility index (Phi) is 4.75. The lowest BCUT2D eigenvalue weighted by Crippen LogP contribution is -2.37. The molecule has 0 saturated carbocycles. The van der Waals surface area contributed by atoms with Crippen LogP contribution in [0.15, 0.2) is 53.4 Å². The van der Waals surface area contributed by atoms with Crippen molar-refractivity contribution in [3.63, 3.8) is 0 Å². The quantitative estimate of drug-likeness (QED) is 0.795. The van der Waals surface area contributed by atoms with Crippen molar-refractivity contribution in [2.24, 2.45) is 0 Å². The van der Waals surface area contributed by atoms with Crippen LogP contribution in [-0.2, 0) is 19.6 Å². The van der Waals surface area contributed by atoms with E-state index in [1.54, 1.807) is 24.3 Å². The topological polar surface area (TPSA) is 84.5 Å². The van der Waals surface area contributed by atoms with E-state index in [1.165, 1.54) is 12.1 Å². The third-order valence-corrected chi connectivity index (χ3v) is 5.27. The number of sulfonamides is 1. The molecule has 0 bridgehead atoms. The minimum Gasteiger partial charge on any atom is -0.464 e. The molecule has 1 aliphatic rings. The number of halogens is 1. The molecule has 1 saturated heterocycles. The number of nitrogens with one attached hydrogen (secondary N) is 2. The molecule has 2 N–H and O–H groups in total. The first kappa shape index (κ1) is 16.8. The van der Waals surface area contributed by atoms with Gasteiger partial charge in [-0.05, 0) is 48.5 Å². The fourth-order valence-electron chi connectivity index (χ4n) is 2.28. The molecule has 24 heavy (non-hydrogen) atoms. The molecule has 2 aromatic carbocycles. The Labute approximate surface area is 144 Å². The lowest BCUT2D eigenvalue weighted by atomic mass is 10.3. The molecule has 0 unspecified atom stereocenters. The minimum absolute atomic E-state index is 0.0869. The van der Waals surface area contributed by atoms with Crippen LogP contribution in [0.25, 0.3) is 0 Å². The second-order valence-electron chi connectivity index (χ2n) is 5.29. The summed E-state index contributed by atoms with van der Waals surface area (Å²) in [6, 6.07) is 12.6. The van der Waals surface area contributed by atoms with Crippen molar-refractivity contribution in [3.8, 4) is 0 Å². The van der Waals surface area contributed by atoms with Gasteiger partial charge in [-0.25, -0.2) is 8.42 Å². The van der Waals surface area contributed by atoms with Crippen LogP contribution in [0.3, 0.4) is 0 Å². The molecule has 0 amide bonds. The molecule has 0 aliphatic carbocycles. The molecule has 1 atom stereocenters. The number of anilines is 2. The Morgan fingerprint density at radius 1 is 1.00 bits per heavy atom. The van der Waals surface area contributed by atoms with Crippen LogP contribution < -0.4 is 10.0 Å². The largest absolute Gasteiger partial charge is 0.464 e. The molecule has 1 aliphatic heterocycles. The highest BCUT2D eigenvalue weighted by Crippen LogP contribution is 2.21. The summed E-state index contributed by atoms with van der Waals surface area (Å²) in [4.78, 5) is 11.5. The van der Waals surface area contributed by atoms with Gasteiger partial charge in [0.2, 0.25) is 10.0 Å². The average molecular weight is 367 g/mol. The molecule has 2 aromatic rings. The van der Waals surface area contributed by atoms with E-state index >= 15 is 0 Å². The maximum absolute atomic E-state index is 12.3. The zero-order valence-corrected chi connectivity index (χ0v) is 14.1. The monoisotopic (exact) mass is 366 g/mol. The summed E-state index contributed by atoms with van der Waals surface area (Å²) in [6.45, 7) is 0.232. The van der Waals surface area contributed by atoms with Crippen molar-refractivity contribution < 1.29 is 17.9 Å². The molecule has 0 spiro atoms. The molecule has 0 radical (unpaired) electrons. The Bertz CT molecular complexity index is 835. The van der Waals surface area contributed by atoms with Gasteiger partial charge in [-0.1, -0.05) is 11.6 Å². The van der Waals surface area contributed by atoms with E-state index in [2.05, 4.69) is 10.0 Å². The Morgan fingerprint density at radius 3 is 2.12 bits per heavy atom. The fourth-order valence-corrected chi connectivity index (χ4v) is 3.62. The van der Waals surface area contributed by atoms with Crippen LogP contribution >= 0.6 is 11.6 Å². The Balaban J connectivity index is 1.71. The van der Waals surface area contributed by atoms with Gasteiger partial charge in [0.1, 0.15) is 6.04 Å². The van der Waals surface area contributed by atoms with Gasteiger partial charge >= 0.3 is 5.97 Å². The highest BCUT2D eigenvalue weighted by molar-refractivity contribution is 7.89. The highest BCUT2D eigenvalue weighted by Gasteiger charge is 2.31. The van der Waals surface area contributed by atoms with Crippen LogP contribution in [0, 0.1) is 0 Å². The SMILES string of the molecule is O=C1OCC[C@@H]1NS(=O)(=O)c1ccc(Nc2ccc(Cl)cc2)cc1. The van der Waals surface area contributed by atoms with Crippen LogP contribution in [0.2, 0.25) is 5.02 Å². The Morgan fingerprint density at radius 2 is 1.58 bits per heavy atom. The standard InChI is InChI=1S/C16H15ClN2O4S/c17-11-1-3-12(4-2-11)18-13-5-7-14(8-6-13)24(21,22)19-15-9-10-23-16(15)20/h1-8,15,18-19H,9-10H2/t15-/m0/s1.